The Morgan fingerprint density at radius 2 is 0.922 bits per heavy atom. The first-order valence-electron chi connectivity index (χ1n) is 37.5. The summed E-state index contributed by atoms with van der Waals surface area (Å²) in [5.41, 5.74) is 5.73. The number of nitrogens with one attached hydrogen (secondary N) is 2. The average Bonchev–Trinajstić information content (AvgIpc) is 0.789. The van der Waals surface area contributed by atoms with Gasteiger partial charge in [0.1, 0.15) is 41.1 Å². The highest BCUT2D eigenvalue weighted by Gasteiger charge is 2.50. The largest absolute Gasteiger partial charge is 0.379 e. The Balaban J connectivity index is 1.03. The van der Waals surface area contributed by atoms with Gasteiger partial charge >= 0.3 is 0 Å². The van der Waals surface area contributed by atoms with Crippen LogP contribution < -0.4 is 10.6 Å². The maximum absolute atomic E-state index is 14.9. The molecule has 1 amide bonds. The van der Waals surface area contributed by atoms with Crippen molar-refractivity contribution in [3.8, 4) is 0 Å². The molecule has 7 aromatic rings. The van der Waals surface area contributed by atoms with Crippen LogP contribution in [0.25, 0.3) is 0 Å². The number of carbonyl (C=O) groups is 1. The maximum atomic E-state index is 14.9. The van der Waals surface area contributed by atoms with E-state index in [2.05, 4.69) is 41.8 Å². The summed E-state index contributed by atoms with van der Waals surface area (Å²) in [6.07, 6.45) is 18.6. The number of benzene rings is 7. The van der Waals surface area contributed by atoms with Crippen molar-refractivity contribution in [3.63, 3.8) is 0 Å². The molecule has 0 bridgehead atoms. The normalized spacial score (nSPS) is 17.0. The Morgan fingerprint density at radius 1 is 0.500 bits per heavy atom. The molecule has 3 N–H and O–H groups in total. The Hall–Kier alpha value is -7.20. The van der Waals surface area contributed by atoms with Gasteiger partial charge in [-0.2, -0.15) is 8.42 Å². The summed E-state index contributed by atoms with van der Waals surface area (Å²) in [4.78, 5) is 25.4. The van der Waals surface area contributed by atoms with Gasteiger partial charge in [0.25, 0.3) is 15.8 Å². The fraction of sp³-hybridized carbons (Fsp3) is 0.488. The molecule has 1 fully saturated rings. The molecule has 1 aliphatic heterocycles. The van der Waals surface area contributed by atoms with Crippen LogP contribution in [0.2, 0.25) is 0 Å². The smallest absolute Gasteiger partial charge is 0.294 e. The van der Waals surface area contributed by atoms with Crippen LogP contribution in [0.5, 0.6) is 0 Å². The molecule has 18 heteroatoms. The summed E-state index contributed by atoms with van der Waals surface area (Å²) in [6.45, 7) is 4.52. The van der Waals surface area contributed by atoms with E-state index in [1.54, 1.807) is 0 Å². The third-order valence-corrected chi connectivity index (χ3v) is 19.5. The number of anilines is 1. The lowest BCUT2D eigenvalue weighted by Crippen LogP contribution is -2.62. The van der Waals surface area contributed by atoms with Crippen LogP contribution in [0.15, 0.2) is 205 Å². The molecule has 0 saturated carbocycles. The molecule has 0 aliphatic carbocycles. The van der Waals surface area contributed by atoms with E-state index in [4.69, 9.17) is 37.9 Å². The third-order valence-electron chi connectivity index (χ3n) is 18.7. The molecule has 17 nitrogen and oxygen atoms in total. The van der Waals surface area contributed by atoms with E-state index in [1.807, 2.05) is 158 Å². The first kappa shape index (κ1) is 80.5. The Labute approximate surface area is 607 Å². The molecule has 0 unspecified atom stereocenters. The molecular formula is C84H111N3O14S. The second-order valence-electron chi connectivity index (χ2n) is 26.9. The van der Waals surface area contributed by atoms with Gasteiger partial charge in [-0.25, -0.2) is 0 Å². The molecule has 1 aliphatic rings. The first-order chi connectivity index (χ1) is 50.0. The zero-order chi connectivity index (χ0) is 71.5. The molecule has 7 aromatic carbocycles. The zero-order valence-electron chi connectivity index (χ0n) is 59.9. The summed E-state index contributed by atoms with van der Waals surface area (Å²) >= 11 is 0. The number of hydrogen-bond acceptors (Lipinski definition) is 14. The number of carbonyl (C=O) groups excluding carboxylic acids is 1. The summed E-state index contributed by atoms with van der Waals surface area (Å²) < 4.78 is 89.4. The average molecular weight is 1420 g/mol. The molecular weight excluding hydrogens is 1310 g/mol. The number of unbranched alkanes of at least 4 members (excludes halogenated alkanes) is 19. The highest BCUT2D eigenvalue weighted by atomic mass is 32.2. The van der Waals surface area contributed by atoms with Crippen molar-refractivity contribution in [2.24, 2.45) is 0 Å². The molecule has 1 saturated heterocycles. The molecule has 1 heterocycles. The quantitative estimate of drug-likeness (QED) is 0.0140. The second-order valence-corrected chi connectivity index (χ2v) is 28.3. The summed E-state index contributed by atoms with van der Waals surface area (Å²) in [5, 5.41) is 18.2. The highest BCUT2D eigenvalue weighted by molar-refractivity contribution is 7.85. The number of hydrogen-bond donors (Lipinski definition) is 3. The molecule has 552 valence electrons. The maximum Gasteiger partial charge on any atom is 0.294 e. The van der Waals surface area contributed by atoms with Crippen molar-refractivity contribution in [2.45, 2.75) is 248 Å². The highest BCUT2D eigenvalue weighted by Crippen LogP contribution is 2.34. The van der Waals surface area contributed by atoms with Crippen molar-refractivity contribution in [1.82, 2.24) is 5.32 Å². The topological polar surface area (TPSA) is 212 Å². The third kappa shape index (κ3) is 30.2. The number of amides is 1. The van der Waals surface area contributed by atoms with E-state index in [9.17, 15) is 27.9 Å². The van der Waals surface area contributed by atoms with Crippen LogP contribution in [0.4, 0.5) is 11.4 Å². The molecule has 0 spiro atoms. The van der Waals surface area contributed by atoms with E-state index in [1.165, 1.54) is 63.9 Å². The van der Waals surface area contributed by atoms with E-state index >= 15 is 0 Å². The predicted octanol–water partition coefficient (Wildman–Crippen LogP) is 18.6. The van der Waals surface area contributed by atoms with Crippen molar-refractivity contribution in [2.75, 3.05) is 25.1 Å². The SMILES string of the molecule is CCCCCCCCCCCCCC[C@@H](OCc1ccccc1)[C@@H](OCc1ccccc1)[C@H](CO[C@H]1O[C@H](COCc2ccccc2)[C@H](OCc2ccccc2)[C@H](OCc2ccccc2)[C@H]1OCc1ccccc1)NC(=O)CCCCCCCCCCCNc1ccc(S(=O)(=O)O)cc1[N+](=O)[O-]. The van der Waals surface area contributed by atoms with Crippen LogP contribution in [-0.2, 0) is 92.4 Å². The van der Waals surface area contributed by atoms with E-state index < -0.39 is 74.6 Å². The number of ether oxygens (including phenoxy) is 8. The Bertz CT molecular complexity index is 3480. The van der Waals surface area contributed by atoms with E-state index in [0.29, 0.717) is 39.0 Å². The van der Waals surface area contributed by atoms with Crippen LogP contribution in [0.3, 0.4) is 0 Å². The lowest BCUT2D eigenvalue weighted by Gasteiger charge is -2.46. The molecule has 0 radical (unpaired) electrons. The molecule has 8 atom stereocenters. The number of nitrogens with zero attached hydrogens (tertiary/aromatic N) is 1. The van der Waals surface area contributed by atoms with Gasteiger partial charge in [0, 0.05) is 19.0 Å². The summed E-state index contributed by atoms with van der Waals surface area (Å²) in [5.74, 6) is -0.121. The van der Waals surface area contributed by atoms with Gasteiger partial charge < -0.3 is 48.5 Å². The van der Waals surface area contributed by atoms with Gasteiger partial charge in [0.2, 0.25) is 5.91 Å². The minimum absolute atomic E-state index is 0.0383. The van der Waals surface area contributed by atoms with Crippen molar-refractivity contribution >= 4 is 27.4 Å². The summed E-state index contributed by atoms with van der Waals surface area (Å²) in [7, 11) is -4.58. The monoisotopic (exact) mass is 1420 g/mol. The zero-order valence-corrected chi connectivity index (χ0v) is 60.7. The molecule has 8 rings (SSSR count). The summed E-state index contributed by atoms with van der Waals surface area (Å²) in [6, 6.07) is 63.2. The Kier molecular flexibility index (Phi) is 37.3. The van der Waals surface area contributed by atoms with E-state index in [0.717, 1.165) is 116 Å². The van der Waals surface area contributed by atoms with Gasteiger partial charge in [0.15, 0.2) is 6.29 Å². The Morgan fingerprint density at radius 3 is 1.40 bits per heavy atom. The van der Waals surface area contributed by atoms with Crippen molar-refractivity contribution < 1.29 is 60.6 Å². The standard InChI is InChI=1S/C84H111N3O14S/c1-2-3-4-5-6-7-8-9-11-14-17-38-53-77(95-60-68-43-28-21-29-44-68)80(96-61-69-45-30-22-31-46-69)75(86-79(88)54-39-18-15-12-10-13-16-19-40-57-85-74-56-55-73(102(91,92)93)58-76(74)87(89)90)65-100-84-83(99-64-72-51-36-25-37-52-72)82(98-63-71-49-34-24-35-50-71)81(97-62-70-47-32-23-33-48-70)78(101-84)66-94-59-67-41-26-20-27-42-67/h20-37,41-52,55-56,58,75,77-78,80-85H,2-19,38-40,53-54,57,59-66H2,1H3,(H,86,88)(H,91,92,93)/t75-,77+,78+,80-,81-,82-,83+,84-/m0/s1. The predicted molar refractivity (Wildman–Crippen MR) is 401 cm³/mol. The van der Waals surface area contributed by atoms with Gasteiger partial charge in [-0.15, -0.1) is 0 Å². The molecule has 102 heavy (non-hydrogen) atoms. The van der Waals surface area contributed by atoms with Crippen molar-refractivity contribution in [3.05, 3.63) is 244 Å². The fourth-order valence-corrected chi connectivity index (χ4v) is 13.5. The van der Waals surface area contributed by atoms with Gasteiger partial charge in [0.05, 0.1) is 69.9 Å². The van der Waals surface area contributed by atoms with Crippen LogP contribution in [0.1, 0.15) is 188 Å². The van der Waals surface area contributed by atoms with Crippen molar-refractivity contribution in [1.29, 1.82) is 0 Å². The second kappa shape index (κ2) is 47.2. The number of nitro groups is 1. The van der Waals surface area contributed by atoms with Crippen LogP contribution in [-0.4, -0.2) is 92.5 Å². The van der Waals surface area contributed by atoms with Gasteiger partial charge in [-0.3, -0.25) is 19.5 Å². The first-order valence-corrected chi connectivity index (χ1v) is 38.9. The number of nitro benzene ring substituents is 1. The molecule has 0 aromatic heterocycles. The lowest BCUT2D eigenvalue weighted by molar-refractivity contribution is -0.384. The fourth-order valence-electron chi connectivity index (χ4n) is 13.0. The number of rotatable bonds is 53. The lowest BCUT2D eigenvalue weighted by atomic mass is 9.97. The van der Waals surface area contributed by atoms with Gasteiger partial charge in [-0.1, -0.05) is 311 Å². The van der Waals surface area contributed by atoms with E-state index in [-0.39, 0.29) is 51.2 Å². The van der Waals surface area contributed by atoms with Crippen LogP contribution >= 0.6 is 0 Å². The minimum Gasteiger partial charge on any atom is -0.379 e. The van der Waals surface area contributed by atoms with Crippen LogP contribution in [0, 0.1) is 10.1 Å². The van der Waals surface area contributed by atoms with Gasteiger partial charge in [-0.05, 0) is 64.8 Å². The minimum atomic E-state index is -4.58.